The van der Waals surface area contributed by atoms with E-state index < -0.39 is 60.7 Å². The maximum atomic E-state index is 11.4. The van der Waals surface area contributed by atoms with E-state index in [4.69, 9.17) is 14.2 Å². The summed E-state index contributed by atoms with van der Waals surface area (Å²) in [5.41, 5.74) is -0.553. The van der Waals surface area contributed by atoms with Crippen LogP contribution in [0.15, 0.2) is 12.2 Å². The number of hydrogen-bond acceptors (Lipinski definition) is 8. The third-order valence-corrected chi connectivity index (χ3v) is 8.56. The van der Waals surface area contributed by atoms with Crippen LogP contribution >= 0.6 is 0 Å². The van der Waals surface area contributed by atoms with Crippen molar-refractivity contribution < 1.29 is 39.7 Å². The van der Waals surface area contributed by atoms with Crippen LogP contribution in [0.5, 0.6) is 0 Å². The molecular formula is C29H54O8. The van der Waals surface area contributed by atoms with Crippen molar-refractivity contribution in [2.45, 2.75) is 148 Å². The minimum atomic E-state index is -1.56. The molecule has 2 aliphatic heterocycles. The minimum absolute atomic E-state index is 0.115. The van der Waals surface area contributed by atoms with E-state index in [0.29, 0.717) is 24.7 Å². The summed E-state index contributed by atoms with van der Waals surface area (Å²) in [4.78, 5) is 0. The average molecular weight is 531 g/mol. The molecule has 6 unspecified atom stereocenters. The number of rotatable bonds is 3. The van der Waals surface area contributed by atoms with Crippen molar-refractivity contribution in [3.63, 3.8) is 0 Å². The highest BCUT2D eigenvalue weighted by atomic mass is 16.7. The van der Waals surface area contributed by atoms with Crippen molar-refractivity contribution in [3.8, 4) is 0 Å². The molecule has 0 radical (unpaired) electrons. The van der Waals surface area contributed by atoms with E-state index >= 15 is 0 Å². The fourth-order valence-corrected chi connectivity index (χ4v) is 6.06. The Bertz CT molecular complexity index is 687. The van der Waals surface area contributed by atoms with E-state index in [9.17, 15) is 25.5 Å². The minimum Gasteiger partial charge on any atom is -0.390 e. The van der Waals surface area contributed by atoms with Crippen molar-refractivity contribution in [2.24, 2.45) is 23.7 Å². The average Bonchev–Trinajstić information content (AvgIpc) is 2.82. The van der Waals surface area contributed by atoms with Gasteiger partial charge in [-0.2, -0.15) is 0 Å². The predicted octanol–water partition coefficient (Wildman–Crippen LogP) is 3.52. The van der Waals surface area contributed by atoms with Crippen LogP contribution in [0, 0.1) is 23.7 Å². The van der Waals surface area contributed by atoms with Crippen LogP contribution in [0.4, 0.5) is 0 Å². The van der Waals surface area contributed by atoms with Gasteiger partial charge in [0.1, 0.15) is 11.7 Å². The van der Waals surface area contributed by atoms with Crippen LogP contribution in [0.3, 0.4) is 0 Å². The Kier molecular flexibility index (Phi) is 12.5. The molecule has 218 valence electrons. The normalized spacial score (nSPS) is 48.1. The molecule has 8 heteroatoms. The van der Waals surface area contributed by atoms with Crippen molar-refractivity contribution in [2.75, 3.05) is 0 Å². The van der Waals surface area contributed by atoms with Gasteiger partial charge in [-0.25, -0.2) is 0 Å². The molecule has 0 aromatic carbocycles. The van der Waals surface area contributed by atoms with Crippen molar-refractivity contribution in [1.29, 1.82) is 0 Å². The topological polar surface area (TPSA) is 129 Å². The molecule has 2 heterocycles. The van der Waals surface area contributed by atoms with Crippen LogP contribution in [0.1, 0.15) is 93.4 Å². The Morgan fingerprint density at radius 2 is 1.62 bits per heavy atom. The third kappa shape index (κ3) is 8.97. The fraction of sp³-hybridized carbons (Fsp3) is 0.931. The van der Waals surface area contributed by atoms with Gasteiger partial charge in [-0.05, 0) is 70.1 Å². The first-order valence-corrected chi connectivity index (χ1v) is 14.2. The first-order chi connectivity index (χ1) is 17.2. The number of hydrogen-bond donors (Lipinski definition) is 5. The van der Waals surface area contributed by atoms with Gasteiger partial charge in [-0.1, -0.05) is 46.8 Å². The molecule has 0 aromatic rings. The molecule has 5 N–H and O–H groups in total. The van der Waals surface area contributed by atoms with Gasteiger partial charge in [0.25, 0.3) is 0 Å². The molecule has 0 spiro atoms. The third-order valence-electron chi connectivity index (χ3n) is 8.56. The van der Waals surface area contributed by atoms with Crippen molar-refractivity contribution in [1.82, 2.24) is 0 Å². The van der Waals surface area contributed by atoms with Crippen LogP contribution in [0.25, 0.3) is 0 Å². The van der Waals surface area contributed by atoms with Gasteiger partial charge in [-0.15, -0.1) is 0 Å². The Labute approximate surface area is 224 Å². The molecule has 8 nitrogen and oxygen atoms in total. The lowest BCUT2D eigenvalue weighted by Crippen LogP contribution is -2.55. The molecule has 0 saturated carbocycles. The van der Waals surface area contributed by atoms with Gasteiger partial charge in [0.05, 0.1) is 30.5 Å². The number of ether oxygens (including phenoxy) is 3. The first kappa shape index (κ1) is 32.6. The van der Waals surface area contributed by atoms with E-state index in [-0.39, 0.29) is 12.3 Å². The standard InChI is InChI=1S/C29H54O8/c1-9-24-29(8,34)27(32)19(5)13-18(4)12-16(2)10-11-17(3)14-23(20(6)28(33)37-24)36-25-15-22(30)26(31)21(7)35-25/h16,18-28,30-34H,3,9-15H2,1-2,4-8H3/t16-,18?,19+,20-,21?,22?,23?,24?,25+,26+,27-,28?,29-/m1/s1. The largest absolute Gasteiger partial charge is 0.390 e. The Morgan fingerprint density at radius 3 is 2.22 bits per heavy atom. The lowest BCUT2D eigenvalue weighted by molar-refractivity contribution is -0.284. The van der Waals surface area contributed by atoms with Gasteiger partial charge in [0.2, 0.25) is 0 Å². The Balaban J connectivity index is 2.30. The van der Waals surface area contributed by atoms with E-state index in [0.717, 1.165) is 31.3 Å². The highest BCUT2D eigenvalue weighted by molar-refractivity contribution is 4.99. The smallest absolute Gasteiger partial charge is 0.161 e. The second-order valence-corrected chi connectivity index (χ2v) is 12.3. The summed E-state index contributed by atoms with van der Waals surface area (Å²) in [6, 6.07) is 0. The van der Waals surface area contributed by atoms with Crippen molar-refractivity contribution in [3.05, 3.63) is 12.2 Å². The molecule has 2 rings (SSSR count). The van der Waals surface area contributed by atoms with Gasteiger partial charge >= 0.3 is 0 Å². The highest BCUT2D eigenvalue weighted by Gasteiger charge is 2.44. The molecular weight excluding hydrogens is 476 g/mol. The molecule has 0 bridgehead atoms. The molecule has 13 atom stereocenters. The molecule has 37 heavy (non-hydrogen) atoms. The summed E-state index contributed by atoms with van der Waals surface area (Å²) in [7, 11) is 0. The lowest BCUT2D eigenvalue weighted by atomic mass is 9.78. The summed E-state index contributed by atoms with van der Waals surface area (Å²) in [5, 5.41) is 53.9. The summed E-state index contributed by atoms with van der Waals surface area (Å²) in [6.07, 6.45) is -2.32. The summed E-state index contributed by atoms with van der Waals surface area (Å²) in [6.45, 7) is 17.6. The van der Waals surface area contributed by atoms with Crippen LogP contribution in [0.2, 0.25) is 0 Å². The zero-order valence-corrected chi connectivity index (χ0v) is 24.0. The van der Waals surface area contributed by atoms with Gasteiger partial charge in [0.15, 0.2) is 12.6 Å². The van der Waals surface area contributed by atoms with Crippen LogP contribution < -0.4 is 0 Å². The SMILES string of the molecule is C=C1CC[C@@H](C)CC(C)C[C@H](C)[C@@H](O)[C@](C)(O)C(CC)OC(O)[C@H](C)C(O[C@H]2CC(O)[C@@H](O)C(C)O2)C1. The molecule has 0 aliphatic carbocycles. The second-order valence-electron chi connectivity index (χ2n) is 12.3. The van der Waals surface area contributed by atoms with E-state index in [1.807, 2.05) is 20.8 Å². The maximum Gasteiger partial charge on any atom is 0.161 e. The Hall–Kier alpha value is -0.580. The molecule has 2 saturated heterocycles. The van der Waals surface area contributed by atoms with Gasteiger partial charge in [-0.3, -0.25) is 0 Å². The monoisotopic (exact) mass is 530 g/mol. The molecule has 0 aromatic heterocycles. The van der Waals surface area contributed by atoms with Crippen molar-refractivity contribution >= 4 is 0 Å². The zero-order valence-electron chi connectivity index (χ0n) is 24.0. The first-order valence-electron chi connectivity index (χ1n) is 14.2. The maximum absolute atomic E-state index is 11.4. The fourth-order valence-electron chi connectivity index (χ4n) is 6.06. The molecule has 2 aliphatic rings. The predicted molar refractivity (Wildman–Crippen MR) is 143 cm³/mol. The number of aliphatic hydroxyl groups excluding tert-OH is 4. The lowest BCUT2D eigenvalue weighted by Gasteiger charge is -2.42. The molecule has 0 amide bonds. The molecule has 2 fully saturated rings. The number of aliphatic hydroxyl groups is 5. The summed E-state index contributed by atoms with van der Waals surface area (Å²) < 4.78 is 18.1. The van der Waals surface area contributed by atoms with Crippen LogP contribution in [-0.4, -0.2) is 80.3 Å². The van der Waals surface area contributed by atoms with E-state index in [1.54, 1.807) is 13.8 Å². The van der Waals surface area contributed by atoms with Gasteiger partial charge in [0, 0.05) is 12.3 Å². The second kappa shape index (κ2) is 14.2. The zero-order chi connectivity index (χ0) is 28.1. The van der Waals surface area contributed by atoms with E-state index in [2.05, 4.69) is 20.4 Å². The van der Waals surface area contributed by atoms with E-state index in [1.165, 1.54) is 0 Å². The highest BCUT2D eigenvalue weighted by Crippen LogP contribution is 2.34. The summed E-state index contributed by atoms with van der Waals surface area (Å²) in [5.74, 6) is 0.185. The van der Waals surface area contributed by atoms with Crippen LogP contribution in [-0.2, 0) is 14.2 Å². The Morgan fingerprint density at radius 1 is 0.973 bits per heavy atom. The summed E-state index contributed by atoms with van der Waals surface area (Å²) >= 11 is 0. The quantitative estimate of drug-likeness (QED) is 0.351. The van der Waals surface area contributed by atoms with Gasteiger partial charge < -0.3 is 39.7 Å².